The van der Waals surface area contributed by atoms with Gasteiger partial charge in [-0.1, -0.05) is 6.07 Å². The van der Waals surface area contributed by atoms with Gasteiger partial charge in [-0.05, 0) is 18.2 Å². The van der Waals surface area contributed by atoms with Gasteiger partial charge >= 0.3 is 5.97 Å². The molecule has 0 aliphatic carbocycles. The molecular weight excluding hydrogens is 240 g/mol. The fourth-order valence-corrected chi connectivity index (χ4v) is 2.83. The molecule has 0 unspecified atom stereocenters. The van der Waals surface area contributed by atoms with Crippen LogP contribution in [0.15, 0.2) is 24.3 Å². The molecule has 0 saturated carbocycles. The molecule has 2 rings (SSSR count). The quantitative estimate of drug-likeness (QED) is 0.763. The van der Waals surface area contributed by atoms with Gasteiger partial charge in [0.2, 0.25) is 0 Å². The first-order chi connectivity index (χ1) is 8.09. The third kappa shape index (κ3) is 2.36. The lowest BCUT2D eigenvalue weighted by atomic mass is 10.1. The zero-order valence-corrected chi connectivity index (χ0v) is 9.81. The number of nitrogens with two attached hydrogens (primary N) is 1. The maximum absolute atomic E-state index is 12.1. The van der Waals surface area contributed by atoms with Crippen LogP contribution in [0.25, 0.3) is 0 Å². The summed E-state index contributed by atoms with van der Waals surface area (Å²) in [4.78, 5) is 24.5. The van der Waals surface area contributed by atoms with Gasteiger partial charge in [-0.2, -0.15) is 0 Å². The van der Waals surface area contributed by atoms with Crippen LogP contribution in [-0.4, -0.2) is 39.6 Å². The second-order valence-corrected chi connectivity index (χ2v) is 4.75. The number of aliphatic carboxylic acids is 1. The molecule has 1 atom stereocenters. The standard InChI is InChI=1S/C11H12N2O3S/c12-8-3-1-2-7(4-8)10(14)13-6-17-5-9(13)11(15)16/h1-4,9H,5-6,12H2,(H,15,16)/t9-/m0/s1. The molecule has 1 fully saturated rings. The number of carbonyl (C=O) groups excluding carboxylic acids is 1. The molecule has 6 heteroatoms. The predicted octanol–water partition coefficient (Wildman–Crippen LogP) is 0.869. The Balaban J connectivity index is 2.23. The number of carboxylic acid groups (broad SMARTS) is 1. The van der Waals surface area contributed by atoms with Gasteiger partial charge < -0.3 is 15.7 Å². The molecule has 0 radical (unpaired) electrons. The van der Waals surface area contributed by atoms with E-state index < -0.39 is 12.0 Å². The molecule has 0 aromatic heterocycles. The minimum Gasteiger partial charge on any atom is -0.480 e. The number of rotatable bonds is 2. The van der Waals surface area contributed by atoms with Gasteiger partial charge in [0.1, 0.15) is 6.04 Å². The van der Waals surface area contributed by atoms with Crippen molar-refractivity contribution >= 4 is 29.3 Å². The topological polar surface area (TPSA) is 83.6 Å². The summed E-state index contributed by atoms with van der Waals surface area (Å²) in [7, 11) is 0. The maximum Gasteiger partial charge on any atom is 0.327 e. The SMILES string of the molecule is Nc1cccc(C(=O)N2CSC[C@H]2C(=O)O)c1. The van der Waals surface area contributed by atoms with Crippen molar-refractivity contribution in [2.75, 3.05) is 17.4 Å². The van der Waals surface area contributed by atoms with Gasteiger partial charge in [0.25, 0.3) is 5.91 Å². The van der Waals surface area contributed by atoms with Gasteiger partial charge in [-0.3, -0.25) is 4.79 Å². The van der Waals surface area contributed by atoms with Crippen molar-refractivity contribution in [3.63, 3.8) is 0 Å². The number of nitrogens with zero attached hydrogens (tertiary/aromatic N) is 1. The maximum atomic E-state index is 12.1. The van der Waals surface area contributed by atoms with Crippen LogP contribution in [0.3, 0.4) is 0 Å². The lowest BCUT2D eigenvalue weighted by Gasteiger charge is -2.20. The normalized spacial score (nSPS) is 19.3. The Hall–Kier alpha value is -1.69. The number of carboxylic acids is 1. The second kappa shape index (κ2) is 4.67. The van der Waals surface area contributed by atoms with Crippen molar-refractivity contribution in [3.8, 4) is 0 Å². The average Bonchev–Trinajstić information content (AvgIpc) is 2.77. The smallest absolute Gasteiger partial charge is 0.327 e. The lowest BCUT2D eigenvalue weighted by Crippen LogP contribution is -2.41. The molecule has 90 valence electrons. The van der Waals surface area contributed by atoms with Gasteiger partial charge in [-0.15, -0.1) is 11.8 Å². The summed E-state index contributed by atoms with van der Waals surface area (Å²) in [6, 6.07) is 5.82. The fourth-order valence-electron chi connectivity index (χ4n) is 1.68. The van der Waals surface area contributed by atoms with Crippen LogP contribution in [-0.2, 0) is 4.79 Å². The summed E-state index contributed by atoms with van der Waals surface area (Å²) in [5.41, 5.74) is 6.52. The molecule has 5 nitrogen and oxygen atoms in total. The first-order valence-electron chi connectivity index (χ1n) is 5.06. The van der Waals surface area contributed by atoms with Crippen LogP contribution in [0.1, 0.15) is 10.4 Å². The predicted molar refractivity (Wildman–Crippen MR) is 65.8 cm³/mol. The van der Waals surface area contributed by atoms with E-state index in [-0.39, 0.29) is 5.91 Å². The molecule has 1 saturated heterocycles. The van der Waals surface area contributed by atoms with Crippen molar-refractivity contribution in [2.24, 2.45) is 0 Å². The Morgan fingerprint density at radius 2 is 2.24 bits per heavy atom. The fraction of sp³-hybridized carbons (Fsp3) is 0.273. The number of hydrogen-bond donors (Lipinski definition) is 2. The molecule has 0 spiro atoms. The highest BCUT2D eigenvalue weighted by atomic mass is 32.2. The number of amides is 1. The van der Waals surface area contributed by atoms with Crippen LogP contribution in [0.4, 0.5) is 5.69 Å². The van der Waals surface area contributed by atoms with Gasteiger partial charge in [0.05, 0.1) is 5.88 Å². The Bertz CT molecular complexity index is 464. The van der Waals surface area contributed by atoms with E-state index in [1.54, 1.807) is 24.3 Å². The van der Waals surface area contributed by atoms with E-state index in [9.17, 15) is 9.59 Å². The summed E-state index contributed by atoms with van der Waals surface area (Å²) >= 11 is 1.44. The number of hydrogen-bond acceptors (Lipinski definition) is 4. The Labute approximate surface area is 103 Å². The highest BCUT2D eigenvalue weighted by molar-refractivity contribution is 7.99. The summed E-state index contributed by atoms with van der Waals surface area (Å²) in [5, 5.41) is 9.00. The summed E-state index contributed by atoms with van der Waals surface area (Å²) < 4.78 is 0. The van der Waals surface area contributed by atoms with E-state index in [0.29, 0.717) is 22.9 Å². The molecule has 1 aromatic rings. The van der Waals surface area contributed by atoms with E-state index in [4.69, 9.17) is 10.8 Å². The first kappa shape index (κ1) is 11.8. The molecular formula is C11H12N2O3S. The second-order valence-electron chi connectivity index (χ2n) is 3.75. The minimum absolute atomic E-state index is 0.283. The molecule has 1 aliphatic heterocycles. The van der Waals surface area contributed by atoms with Crippen molar-refractivity contribution in [3.05, 3.63) is 29.8 Å². The largest absolute Gasteiger partial charge is 0.480 e. The summed E-state index contributed by atoms with van der Waals surface area (Å²) in [5.74, 6) is -0.407. The molecule has 0 bridgehead atoms. The van der Waals surface area contributed by atoms with Gasteiger partial charge in [0, 0.05) is 17.0 Å². The number of benzene rings is 1. The molecule has 1 heterocycles. The Morgan fingerprint density at radius 1 is 1.47 bits per heavy atom. The van der Waals surface area contributed by atoms with Crippen molar-refractivity contribution < 1.29 is 14.7 Å². The zero-order valence-electron chi connectivity index (χ0n) is 9.00. The number of thioether (sulfide) groups is 1. The third-order valence-corrected chi connectivity index (χ3v) is 3.57. The van der Waals surface area contributed by atoms with Crippen molar-refractivity contribution in [2.45, 2.75) is 6.04 Å². The number of nitrogen functional groups attached to an aromatic ring is 1. The number of anilines is 1. The van der Waals surface area contributed by atoms with Gasteiger partial charge in [-0.25, -0.2) is 4.79 Å². The summed E-state index contributed by atoms with van der Waals surface area (Å²) in [6.07, 6.45) is 0. The Kier molecular flexibility index (Phi) is 3.23. The third-order valence-electron chi connectivity index (χ3n) is 2.56. The monoisotopic (exact) mass is 252 g/mol. The van der Waals surface area contributed by atoms with E-state index in [2.05, 4.69) is 0 Å². The van der Waals surface area contributed by atoms with Crippen LogP contribution in [0, 0.1) is 0 Å². The van der Waals surface area contributed by atoms with Gasteiger partial charge in [0.15, 0.2) is 0 Å². The molecule has 17 heavy (non-hydrogen) atoms. The first-order valence-corrected chi connectivity index (χ1v) is 6.22. The minimum atomic E-state index is -0.966. The molecule has 1 amide bonds. The van der Waals surface area contributed by atoms with Crippen molar-refractivity contribution in [1.82, 2.24) is 4.90 Å². The van der Waals surface area contributed by atoms with E-state index in [1.165, 1.54) is 16.7 Å². The van der Waals surface area contributed by atoms with E-state index in [0.717, 1.165) is 0 Å². The average molecular weight is 252 g/mol. The molecule has 1 aromatic carbocycles. The van der Waals surface area contributed by atoms with Crippen LogP contribution in [0.2, 0.25) is 0 Å². The lowest BCUT2D eigenvalue weighted by molar-refractivity contribution is -0.140. The highest BCUT2D eigenvalue weighted by Gasteiger charge is 2.34. The zero-order chi connectivity index (χ0) is 12.4. The van der Waals surface area contributed by atoms with Crippen LogP contribution in [0.5, 0.6) is 0 Å². The van der Waals surface area contributed by atoms with Crippen LogP contribution >= 0.6 is 11.8 Å². The summed E-state index contributed by atoms with van der Waals surface area (Å²) in [6.45, 7) is 0. The van der Waals surface area contributed by atoms with Crippen molar-refractivity contribution in [1.29, 1.82) is 0 Å². The van der Waals surface area contributed by atoms with E-state index >= 15 is 0 Å². The van der Waals surface area contributed by atoms with Crippen LogP contribution < -0.4 is 5.73 Å². The molecule has 3 N–H and O–H groups in total. The Morgan fingerprint density at radius 3 is 2.88 bits per heavy atom. The van der Waals surface area contributed by atoms with E-state index in [1.807, 2.05) is 0 Å². The number of carbonyl (C=O) groups is 2. The highest BCUT2D eigenvalue weighted by Crippen LogP contribution is 2.23. The molecule has 1 aliphatic rings.